The number of amides is 18. The van der Waals surface area contributed by atoms with Gasteiger partial charge < -0.3 is 110 Å². The molecule has 2 aromatic carbocycles. The third-order valence-electron chi connectivity index (χ3n) is 23.6. The van der Waals surface area contributed by atoms with Crippen LogP contribution in [0.5, 0.6) is 5.75 Å². The van der Waals surface area contributed by atoms with Gasteiger partial charge in [-0.3, -0.25) is 91.1 Å². The van der Waals surface area contributed by atoms with Gasteiger partial charge in [0.05, 0.1) is 12.2 Å². The second-order valence-corrected chi connectivity index (χ2v) is 34.1. The summed E-state index contributed by atoms with van der Waals surface area (Å²) in [6.07, 6.45) is -1.87. The van der Waals surface area contributed by atoms with Crippen LogP contribution in [0, 0.1) is 11.8 Å². The van der Waals surface area contributed by atoms with Gasteiger partial charge in [0.1, 0.15) is 90.3 Å². The van der Waals surface area contributed by atoms with Crippen molar-refractivity contribution in [3.05, 3.63) is 77.6 Å². The maximum atomic E-state index is 15.8. The summed E-state index contributed by atoms with van der Waals surface area (Å²) in [5.41, 5.74) is 17.3. The number of carboxylic acids is 2. The Hall–Kier alpha value is -13.2. The molecule has 6 fully saturated rings. The van der Waals surface area contributed by atoms with E-state index in [-0.39, 0.29) is 171 Å². The Morgan fingerprint density at radius 3 is 1.30 bits per heavy atom. The number of aliphatic carboxylic acids is 2. The summed E-state index contributed by atoms with van der Waals surface area (Å²) in [7, 11) is 1.35. The number of nitrogens with zero attached hydrogens (tertiary/aromatic N) is 8. The number of rotatable bonds is 44. The van der Waals surface area contributed by atoms with Crippen LogP contribution < -0.4 is 70.4 Å². The Labute approximate surface area is 737 Å². The van der Waals surface area contributed by atoms with E-state index in [1.807, 2.05) is 0 Å². The first kappa shape index (κ1) is 98.6. The van der Waals surface area contributed by atoms with Crippen LogP contribution in [0.3, 0.4) is 0 Å². The van der Waals surface area contributed by atoms with Crippen LogP contribution in [0.2, 0.25) is 0 Å². The van der Waals surface area contributed by atoms with Crippen molar-refractivity contribution in [3.8, 4) is 5.75 Å². The van der Waals surface area contributed by atoms with Crippen molar-refractivity contribution in [1.82, 2.24) is 92.7 Å². The number of aromatic hydroxyl groups is 1. The Bertz CT molecular complexity index is 4620. The lowest BCUT2D eigenvalue weighted by atomic mass is 10.0. The number of carbonyl (C=O) groups is 20. The molecule has 0 radical (unpaired) electrons. The molecule has 0 spiro atoms. The molecule has 44 nitrogen and oxygen atoms in total. The molecule has 18 amide bonds. The second kappa shape index (κ2) is 45.8. The quantitative estimate of drug-likeness (QED) is 0.0256. The minimum Gasteiger partial charge on any atom is -0.508 e. The van der Waals surface area contributed by atoms with Crippen molar-refractivity contribution >= 4 is 118 Å². The van der Waals surface area contributed by atoms with E-state index in [0.717, 1.165) is 9.80 Å². The zero-order valence-corrected chi connectivity index (χ0v) is 72.2. The van der Waals surface area contributed by atoms with Gasteiger partial charge in [-0.2, -0.15) is 0 Å². The highest BCUT2D eigenvalue weighted by Crippen LogP contribution is 2.32. The van der Waals surface area contributed by atoms with Crippen LogP contribution in [0.4, 0.5) is 0 Å². The molecule has 6 saturated heterocycles. The first-order valence-electron chi connectivity index (χ1n) is 43.3. The van der Waals surface area contributed by atoms with Crippen LogP contribution in [0.15, 0.2) is 60.8 Å². The van der Waals surface area contributed by atoms with Gasteiger partial charge >= 0.3 is 11.9 Å². The van der Waals surface area contributed by atoms with Crippen LogP contribution in [-0.4, -0.2) is 297 Å². The topological polar surface area (TPSA) is 647 Å². The van der Waals surface area contributed by atoms with Crippen molar-refractivity contribution in [2.75, 3.05) is 39.8 Å². The molecule has 6 aliphatic rings. The van der Waals surface area contributed by atoms with Crippen LogP contribution >= 0.6 is 0 Å². The first-order chi connectivity index (χ1) is 60.8. The molecular weight excluding hydrogens is 1670 g/mol. The zero-order chi connectivity index (χ0) is 93.5. The standard InChI is InChI=1S/C84H117N21O23/c1-44(2)37-55(94-71(114)50-26-31-68(110)89-50)73(116)91-52(23-28-65(85)107)79(122)101-34-10-17-62(101)76(119)97-58(39-46-13-7-6-8-14-46)83(126)104-42-48(105-43-59(98-99-105)70(113)88-5)41-64(104)78(121)92-53(24-29-66(86)108)80(123)100-33-9-15-60(100)74(117)90-51(27-32-69(111)112)72(115)95-56(38-45(3)4)81(124)102-35-12-18-63(102)77(120)96-57(40-47-19-21-49(106)22-20-47)82(125)103-36-11-16-61(103)75(118)93-54(84(127)128)25-30-67(87)109/h6-8,13-14,19-22,43-45,48,50-58,60-64,106H,9-12,15-18,23-42H2,1-5H3,(H2,85,107)(H2,86,108)(H2,87,109)(H,88,113)(H,89,110)(H,90,117)(H,91,116)(H,92,121)(H,93,118)(H,94,114)(H,95,115)(H,96,120)(H,97,119)(H,111,112)(H,127,128)/t48-,50+,51+,52+,53+,54+,55+,56+,57+,58+,60+,61+,62+,63+,64+/m1/s1. The molecule has 0 saturated carbocycles. The van der Waals surface area contributed by atoms with Gasteiger partial charge in [-0.15, -0.1) is 5.10 Å². The van der Waals surface area contributed by atoms with Crippen molar-refractivity contribution in [1.29, 1.82) is 0 Å². The average molecular weight is 1790 g/mol. The lowest BCUT2D eigenvalue weighted by Crippen LogP contribution is -2.61. The molecular formula is C84H117N21O23. The number of carbonyl (C=O) groups excluding carboxylic acids is 18. The van der Waals surface area contributed by atoms with E-state index in [0.29, 0.717) is 17.5 Å². The fourth-order valence-electron chi connectivity index (χ4n) is 17.0. The number of likely N-dealkylation sites (tertiary alicyclic amines) is 5. The number of phenols is 1. The summed E-state index contributed by atoms with van der Waals surface area (Å²) in [5.74, 6) is -18.1. The SMILES string of the molecule is CNC(=O)c1cn([C@@H]2C[C@@H](C(=O)N[C@@H](CCC(N)=O)C(=O)N3CCC[C@H]3C(=O)N[C@@H](CCC(=O)O)C(=O)N[C@@H](CC(C)C)C(=O)N3CCC[C@H]3C(=O)N[C@@H](Cc3ccc(O)cc3)C(=O)N3CCC[C@H]3C(=O)N[C@@H](CCC(N)=O)C(=O)O)N(C(=O)[C@H](Cc3ccccc3)NC(=O)[C@@H]3CCCN3C(=O)[C@H](CCC(N)=O)NC(=O)[C@H](CC(C)C)NC(=O)[C@@H]3CCC(=O)N3)C2)nn1. The number of nitrogens with one attached hydrogen (secondary N) is 10. The maximum absolute atomic E-state index is 15.8. The highest BCUT2D eigenvalue weighted by Gasteiger charge is 2.49. The zero-order valence-electron chi connectivity index (χ0n) is 72.2. The molecule has 9 rings (SSSR count). The van der Waals surface area contributed by atoms with Crippen LogP contribution in [-0.2, 0) is 104 Å². The first-order valence-corrected chi connectivity index (χ1v) is 43.3. The molecule has 0 bridgehead atoms. The third-order valence-corrected chi connectivity index (χ3v) is 23.6. The normalized spacial score (nSPS) is 20.9. The van der Waals surface area contributed by atoms with Gasteiger partial charge in [0.2, 0.25) is 100 Å². The number of hydrogen-bond donors (Lipinski definition) is 16. The minimum absolute atomic E-state index is 0.0115. The van der Waals surface area contributed by atoms with Crippen molar-refractivity contribution in [3.63, 3.8) is 0 Å². The number of primary amides is 3. The molecule has 3 aromatic rings. The molecule has 19 N–H and O–H groups in total. The van der Waals surface area contributed by atoms with E-state index in [9.17, 15) is 87.2 Å². The van der Waals surface area contributed by atoms with Gasteiger partial charge in [0.15, 0.2) is 5.69 Å². The Morgan fingerprint density at radius 2 is 0.844 bits per heavy atom. The number of carboxylic acid groups (broad SMARTS) is 2. The molecule has 0 unspecified atom stereocenters. The fourth-order valence-corrected chi connectivity index (χ4v) is 17.0. The lowest BCUT2D eigenvalue weighted by Gasteiger charge is -2.33. The summed E-state index contributed by atoms with van der Waals surface area (Å²) in [4.78, 5) is 284. The number of phenolic OH excluding ortho intramolecular Hbond substituents is 1. The molecule has 128 heavy (non-hydrogen) atoms. The van der Waals surface area contributed by atoms with Crippen molar-refractivity contribution in [2.24, 2.45) is 29.0 Å². The van der Waals surface area contributed by atoms with Crippen LogP contribution in [0.1, 0.15) is 190 Å². The van der Waals surface area contributed by atoms with E-state index >= 15 is 24.0 Å². The number of aromatic nitrogens is 3. The molecule has 15 atom stereocenters. The number of benzene rings is 2. The number of nitrogens with two attached hydrogens (primary N) is 3. The summed E-state index contributed by atoms with van der Waals surface area (Å²) in [5, 5.41) is 64.4. The maximum Gasteiger partial charge on any atom is 0.326 e. The summed E-state index contributed by atoms with van der Waals surface area (Å²) in [6, 6.07) is -6.71. The van der Waals surface area contributed by atoms with E-state index in [4.69, 9.17) is 17.2 Å². The van der Waals surface area contributed by atoms with E-state index < -0.39 is 235 Å². The van der Waals surface area contributed by atoms with Gasteiger partial charge in [-0.25, -0.2) is 9.48 Å². The second-order valence-electron chi connectivity index (χ2n) is 34.1. The molecule has 7 heterocycles. The van der Waals surface area contributed by atoms with Crippen molar-refractivity contribution in [2.45, 2.75) is 266 Å². The molecule has 1 aromatic heterocycles. The smallest absolute Gasteiger partial charge is 0.326 e. The van der Waals surface area contributed by atoms with Gasteiger partial charge in [0.25, 0.3) is 5.91 Å². The molecule has 44 heteroatoms. The minimum atomic E-state index is -1.72. The highest BCUT2D eigenvalue weighted by molar-refractivity contribution is 6.02. The fraction of sp³-hybridized carbons (Fsp3) is 0.595. The lowest BCUT2D eigenvalue weighted by molar-refractivity contribution is -0.146. The molecule has 696 valence electrons. The predicted octanol–water partition coefficient (Wildman–Crippen LogP) is -4.07. The van der Waals surface area contributed by atoms with E-state index in [2.05, 4.69) is 63.5 Å². The third kappa shape index (κ3) is 26.9. The van der Waals surface area contributed by atoms with Gasteiger partial charge in [0, 0.05) is 91.1 Å². The summed E-state index contributed by atoms with van der Waals surface area (Å²) < 4.78 is 1.25. The Kier molecular flexibility index (Phi) is 35.3. The molecule has 0 aliphatic carbocycles. The van der Waals surface area contributed by atoms with Gasteiger partial charge in [-0.1, -0.05) is 75.4 Å². The Morgan fingerprint density at radius 1 is 0.453 bits per heavy atom. The van der Waals surface area contributed by atoms with Crippen LogP contribution in [0.25, 0.3) is 0 Å². The summed E-state index contributed by atoms with van der Waals surface area (Å²) in [6.45, 7) is 6.46. The van der Waals surface area contributed by atoms with Gasteiger partial charge in [-0.05, 0) is 131 Å². The van der Waals surface area contributed by atoms with E-state index in [1.54, 1.807) is 58.0 Å². The largest absolute Gasteiger partial charge is 0.508 e. The Balaban J connectivity index is 0.927. The summed E-state index contributed by atoms with van der Waals surface area (Å²) >= 11 is 0. The monoisotopic (exact) mass is 1790 g/mol. The average Bonchev–Trinajstić information content (AvgIpc) is 1.63. The number of hydrogen-bond acceptors (Lipinski definition) is 23. The predicted molar refractivity (Wildman–Crippen MR) is 449 cm³/mol. The van der Waals surface area contributed by atoms with E-state index in [1.165, 1.54) is 56.9 Å². The molecule has 6 aliphatic heterocycles. The van der Waals surface area contributed by atoms with Crippen molar-refractivity contribution < 1.29 is 111 Å². The highest BCUT2D eigenvalue weighted by atomic mass is 16.4.